The zero-order valence-electron chi connectivity index (χ0n) is 11.5. The summed E-state index contributed by atoms with van der Waals surface area (Å²) in [6.07, 6.45) is -9.94. The van der Waals surface area contributed by atoms with Gasteiger partial charge in [0, 0.05) is 6.92 Å². The van der Waals surface area contributed by atoms with Gasteiger partial charge in [-0.15, -0.1) is 0 Å². The first-order valence-corrected chi connectivity index (χ1v) is 6.30. The fourth-order valence-corrected chi connectivity index (χ4v) is 2.16. The lowest BCUT2D eigenvalue weighted by Gasteiger charge is -2.47. The summed E-state index contributed by atoms with van der Waals surface area (Å²) in [7, 11) is 0. The lowest BCUT2D eigenvalue weighted by atomic mass is 9.86. The van der Waals surface area contributed by atoms with Crippen LogP contribution < -0.4 is 5.32 Å². The highest BCUT2D eigenvalue weighted by molar-refractivity contribution is 5.77. The van der Waals surface area contributed by atoms with Gasteiger partial charge in [0.05, 0.1) is 12.6 Å². The van der Waals surface area contributed by atoms with Crippen LogP contribution in [0.5, 0.6) is 0 Å². The molecular formula is C11H19NO10. The Kier molecular flexibility index (Phi) is 5.81. The molecule has 0 saturated carbocycles. The van der Waals surface area contributed by atoms with Gasteiger partial charge in [0.25, 0.3) is 5.79 Å². The highest BCUT2D eigenvalue weighted by Crippen LogP contribution is 2.31. The number of nitrogens with one attached hydrogen (secondary N) is 1. The van der Waals surface area contributed by atoms with Gasteiger partial charge in [-0.2, -0.15) is 0 Å². The van der Waals surface area contributed by atoms with Crippen LogP contribution in [-0.2, 0) is 14.3 Å². The van der Waals surface area contributed by atoms with Gasteiger partial charge in [0.1, 0.15) is 30.5 Å². The van der Waals surface area contributed by atoms with E-state index in [0.29, 0.717) is 0 Å². The van der Waals surface area contributed by atoms with Crippen molar-refractivity contribution in [3.8, 4) is 0 Å². The number of ether oxygens (including phenoxy) is 1. The number of carboxylic acid groups (broad SMARTS) is 1. The summed E-state index contributed by atoms with van der Waals surface area (Å²) in [5.74, 6) is -6.03. The Balaban J connectivity index is 3.19. The minimum atomic E-state index is -3.27. The van der Waals surface area contributed by atoms with Crippen molar-refractivity contribution in [3.05, 3.63) is 0 Å². The molecule has 7 atom stereocenters. The third-order valence-electron chi connectivity index (χ3n) is 3.36. The summed E-state index contributed by atoms with van der Waals surface area (Å²) in [6.45, 7) is 0.112. The van der Waals surface area contributed by atoms with E-state index in [1.807, 2.05) is 0 Å². The second-order valence-corrected chi connectivity index (χ2v) is 4.99. The summed E-state index contributed by atoms with van der Waals surface area (Å²) in [5.41, 5.74) is 0. The van der Waals surface area contributed by atoms with Gasteiger partial charge >= 0.3 is 5.97 Å². The quantitative estimate of drug-likeness (QED) is 0.242. The fourth-order valence-electron chi connectivity index (χ4n) is 2.16. The van der Waals surface area contributed by atoms with E-state index in [4.69, 9.17) is 14.9 Å². The number of carbonyl (C=O) groups excluding carboxylic acids is 1. The summed E-state index contributed by atoms with van der Waals surface area (Å²) < 4.78 is 4.73. The molecule has 1 saturated heterocycles. The lowest BCUT2D eigenvalue weighted by molar-refractivity contribution is -0.332. The Morgan fingerprint density at radius 3 is 2.27 bits per heavy atom. The van der Waals surface area contributed by atoms with Crippen LogP contribution >= 0.6 is 0 Å². The molecule has 0 aromatic carbocycles. The number of hydrogen-bond acceptors (Lipinski definition) is 9. The lowest BCUT2D eigenvalue weighted by Crippen LogP contribution is -2.73. The molecule has 11 heteroatoms. The van der Waals surface area contributed by atoms with Crippen LogP contribution in [0.15, 0.2) is 0 Å². The van der Waals surface area contributed by atoms with Gasteiger partial charge < -0.3 is 45.8 Å². The number of carboxylic acids is 1. The molecule has 0 aromatic rings. The Morgan fingerprint density at radius 1 is 1.32 bits per heavy atom. The van der Waals surface area contributed by atoms with Crippen molar-refractivity contribution >= 4 is 11.9 Å². The number of amides is 1. The van der Waals surface area contributed by atoms with E-state index >= 15 is 0 Å². The van der Waals surface area contributed by atoms with E-state index in [9.17, 15) is 35.1 Å². The minimum absolute atomic E-state index is 0.712. The number of aliphatic hydroxyl groups excluding tert-OH is 5. The van der Waals surface area contributed by atoms with Gasteiger partial charge in [-0.1, -0.05) is 0 Å². The Labute approximate surface area is 124 Å². The predicted molar refractivity (Wildman–Crippen MR) is 66.2 cm³/mol. The minimum Gasteiger partial charge on any atom is -0.477 e. The average Bonchev–Trinajstić information content (AvgIpc) is 2.45. The number of carbonyl (C=O) groups is 2. The van der Waals surface area contributed by atoms with Crippen LogP contribution in [0.2, 0.25) is 0 Å². The SMILES string of the molecule is CC(=O)N[C@@H]1[C@@H](O)[C@H](O)[C@@](O)(C(=O)O)O[C@H]1[C@H](O)[C@H](O)CO. The van der Waals surface area contributed by atoms with Gasteiger partial charge in [-0.25, -0.2) is 4.79 Å². The van der Waals surface area contributed by atoms with Crippen LogP contribution in [0, 0.1) is 0 Å². The molecule has 1 heterocycles. The topological polar surface area (TPSA) is 197 Å². The standard InChI is InChI=1S/C11H19NO10/c1-3(14)12-5-7(17)9(18)11(21,10(19)20)22-8(5)6(16)4(15)2-13/h4-9,13,15-18,21H,2H2,1H3,(H,12,14)(H,19,20)/t4-,5-,6-,7-,8-,9+,11+/m1/s1. The van der Waals surface area contributed by atoms with Gasteiger partial charge in [-0.3, -0.25) is 4.79 Å². The molecule has 11 nitrogen and oxygen atoms in total. The third kappa shape index (κ3) is 3.35. The van der Waals surface area contributed by atoms with Crippen LogP contribution in [0.3, 0.4) is 0 Å². The molecule has 0 radical (unpaired) electrons. The molecule has 1 aliphatic heterocycles. The summed E-state index contributed by atoms with van der Waals surface area (Å²) >= 11 is 0. The highest BCUT2D eigenvalue weighted by Gasteiger charge is 2.60. The van der Waals surface area contributed by atoms with Crippen molar-refractivity contribution in [3.63, 3.8) is 0 Å². The first-order valence-electron chi connectivity index (χ1n) is 6.30. The van der Waals surface area contributed by atoms with E-state index in [-0.39, 0.29) is 0 Å². The molecule has 1 aliphatic rings. The highest BCUT2D eigenvalue weighted by atomic mass is 16.7. The molecule has 0 unspecified atom stereocenters. The molecule has 1 fully saturated rings. The third-order valence-corrected chi connectivity index (χ3v) is 3.36. The second-order valence-electron chi connectivity index (χ2n) is 4.99. The Hall–Kier alpha value is -1.34. The van der Waals surface area contributed by atoms with Crippen molar-refractivity contribution in [1.29, 1.82) is 0 Å². The molecule has 22 heavy (non-hydrogen) atoms. The van der Waals surface area contributed by atoms with Crippen LogP contribution in [0.1, 0.15) is 6.92 Å². The molecule has 8 N–H and O–H groups in total. The van der Waals surface area contributed by atoms with Crippen molar-refractivity contribution in [2.45, 2.75) is 49.3 Å². The Morgan fingerprint density at radius 2 is 1.86 bits per heavy atom. The molecule has 0 spiro atoms. The second kappa shape index (κ2) is 6.83. The number of hydrogen-bond donors (Lipinski definition) is 8. The zero-order chi connectivity index (χ0) is 17.2. The maximum Gasteiger partial charge on any atom is 0.367 e. The first kappa shape index (κ1) is 18.7. The number of aliphatic hydroxyl groups is 6. The van der Waals surface area contributed by atoms with Gasteiger partial charge in [0.2, 0.25) is 5.91 Å². The van der Waals surface area contributed by atoms with Gasteiger partial charge in [0.15, 0.2) is 0 Å². The maximum atomic E-state index is 11.1. The number of rotatable bonds is 5. The van der Waals surface area contributed by atoms with Crippen LogP contribution in [0.25, 0.3) is 0 Å². The zero-order valence-corrected chi connectivity index (χ0v) is 11.5. The van der Waals surface area contributed by atoms with E-state index in [2.05, 4.69) is 5.32 Å². The number of aliphatic carboxylic acids is 1. The summed E-state index contributed by atoms with van der Waals surface area (Å²) in [6, 6.07) is -1.54. The van der Waals surface area contributed by atoms with E-state index in [1.165, 1.54) is 0 Å². The normalized spacial score (nSPS) is 38.1. The molecule has 128 valence electrons. The molecule has 0 aromatic heterocycles. The van der Waals surface area contributed by atoms with Crippen molar-refractivity contribution < 1.29 is 50.1 Å². The maximum absolute atomic E-state index is 11.1. The van der Waals surface area contributed by atoms with Crippen molar-refractivity contribution in [1.82, 2.24) is 5.32 Å². The van der Waals surface area contributed by atoms with Crippen molar-refractivity contribution in [2.24, 2.45) is 0 Å². The van der Waals surface area contributed by atoms with Crippen molar-refractivity contribution in [2.75, 3.05) is 6.61 Å². The average molecular weight is 325 g/mol. The molecule has 1 amide bonds. The van der Waals surface area contributed by atoms with E-state index < -0.39 is 60.8 Å². The van der Waals surface area contributed by atoms with E-state index in [1.54, 1.807) is 0 Å². The Bertz CT molecular complexity index is 431. The molecule has 1 rings (SSSR count). The summed E-state index contributed by atoms with van der Waals surface area (Å²) in [5, 5.41) is 68.6. The monoisotopic (exact) mass is 325 g/mol. The van der Waals surface area contributed by atoms with Gasteiger partial charge in [-0.05, 0) is 0 Å². The molecular weight excluding hydrogens is 306 g/mol. The predicted octanol–water partition coefficient (Wildman–Crippen LogP) is -4.90. The largest absolute Gasteiger partial charge is 0.477 e. The smallest absolute Gasteiger partial charge is 0.367 e. The fraction of sp³-hybridized carbons (Fsp3) is 0.818. The van der Waals surface area contributed by atoms with Crippen LogP contribution in [-0.4, -0.2) is 96.6 Å². The van der Waals surface area contributed by atoms with Crippen LogP contribution in [0.4, 0.5) is 0 Å². The molecule has 0 bridgehead atoms. The van der Waals surface area contributed by atoms with E-state index in [0.717, 1.165) is 6.92 Å². The molecule has 0 aliphatic carbocycles. The first-order chi connectivity index (χ1) is 10.1. The summed E-state index contributed by atoms with van der Waals surface area (Å²) in [4.78, 5) is 22.2.